The minimum Gasteiger partial charge on any atom is -0.348 e. The van der Waals surface area contributed by atoms with Crippen LogP contribution in [0.25, 0.3) is 5.69 Å². The second kappa shape index (κ2) is 9.43. The van der Waals surface area contributed by atoms with Gasteiger partial charge in [0.2, 0.25) is 0 Å². The molecule has 0 unspecified atom stereocenters. The SMILES string of the molecule is Cc1cc(C(=O)NC2CCCCC2)n(-c2ccc(O[N+]3(C(C)C)CCCCC3)cc2)n1. The first-order valence-electron chi connectivity index (χ1n) is 12.0. The van der Waals surface area contributed by atoms with Gasteiger partial charge in [-0.1, -0.05) is 19.3 Å². The number of hydrogen-bond donors (Lipinski definition) is 1. The van der Waals surface area contributed by atoms with E-state index in [4.69, 9.17) is 4.84 Å². The molecule has 1 N–H and O–H groups in total. The van der Waals surface area contributed by atoms with Gasteiger partial charge in [-0.05, 0) is 70.4 Å². The van der Waals surface area contributed by atoms with Crippen molar-refractivity contribution < 1.29 is 14.3 Å². The number of carbonyl (C=O) groups is 1. The number of rotatable bonds is 6. The molecule has 2 aliphatic rings. The van der Waals surface area contributed by atoms with Gasteiger partial charge in [0.1, 0.15) is 24.8 Å². The molecule has 2 heterocycles. The number of likely N-dealkylation sites (tertiary alicyclic amines) is 1. The fourth-order valence-corrected chi connectivity index (χ4v) is 4.98. The highest BCUT2D eigenvalue weighted by Gasteiger charge is 2.36. The van der Waals surface area contributed by atoms with Crippen LogP contribution in [0.5, 0.6) is 5.75 Å². The molecular formula is C25H37N4O2+. The first-order chi connectivity index (χ1) is 15.0. The Balaban J connectivity index is 1.51. The van der Waals surface area contributed by atoms with Gasteiger partial charge in [0.05, 0.1) is 11.4 Å². The second-order valence-electron chi connectivity index (χ2n) is 9.53. The van der Waals surface area contributed by atoms with Gasteiger partial charge < -0.3 is 10.2 Å². The van der Waals surface area contributed by atoms with E-state index in [2.05, 4.69) is 24.3 Å². The fourth-order valence-electron chi connectivity index (χ4n) is 4.98. The lowest BCUT2D eigenvalue weighted by molar-refractivity contribution is -1.10. The highest BCUT2D eigenvalue weighted by molar-refractivity contribution is 5.93. The largest absolute Gasteiger partial charge is 0.348 e. The smallest absolute Gasteiger partial charge is 0.270 e. The van der Waals surface area contributed by atoms with Gasteiger partial charge in [-0.3, -0.25) is 4.79 Å². The third-order valence-electron chi connectivity index (χ3n) is 6.89. The van der Waals surface area contributed by atoms with Gasteiger partial charge in [-0.15, -0.1) is 4.65 Å². The maximum atomic E-state index is 13.0. The van der Waals surface area contributed by atoms with E-state index >= 15 is 0 Å². The number of amides is 1. The number of carbonyl (C=O) groups excluding carboxylic acids is 1. The van der Waals surface area contributed by atoms with Crippen molar-refractivity contribution in [3.63, 3.8) is 0 Å². The summed E-state index contributed by atoms with van der Waals surface area (Å²) in [4.78, 5) is 19.5. The van der Waals surface area contributed by atoms with E-state index < -0.39 is 0 Å². The second-order valence-corrected chi connectivity index (χ2v) is 9.53. The monoisotopic (exact) mass is 425 g/mol. The summed E-state index contributed by atoms with van der Waals surface area (Å²) in [5.74, 6) is 0.835. The number of nitrogens with one attached hydrogen (secondary N) is 1. The van der Waals surface area contributed by atoms with E-state index in [1.165, 1.54) is 38.5 Å². The van der Waals surface area contributed by atoms with Crippen molar-refractivity contribution >= 4 is 5.91 Å². The first-order valence-corrected chi connectivity index (χ1v) is 12.0. The van der Waals surface area contributed by atoms with E-state index in [-0.39, 0.29) is 11.9 Å². The van der Waals surface area contributed by atoms with Crippen LogP contribution in [-0.2, 0) is 0 Å². The molecule has 6 nitrogen and oxygen atoms in total. The lowest BCUT2D eigenvalue weighted by Gasteiger charge is -2.41. The van der Waals surface area contributed by atoms with Gasteiger partial charge in [0.15, 0.2) is 5.75 Å². The number of benzene rings is 1. The molecule has 1 aliphatic carbocycles. The van der Waals surface area contributed by atoms with Gasteiger partial charge in [0, 0.05) is 18.9 Å². The number of hydrogen-bond acceptors (Lipinski definition) is 3. The van der Waals surface area contributed by atoms with Crippen molar-refractivity contribution in [2.75, 3.05) is 13.1 Å². The highest BCUT2D eigenvalue weighted by Crippen LogP contribution is 2.27. The number of aryl methyl sites for hydroxylation is 1. The molecule has 168 valence electrons. The highest BCUT2D eigenvalue weighted by atomic mass is 16.7. The zero-order chi connectivity index (χ0) is 21.8. The normalized spacial score (nSPS) is 19.4. The van der Waals surface area contributed by atoms with Gasteiger partial charge in [-0.2, -0.15) is 5.10 Å². The molecule has 6 heteroatoms. The van der Waals surface area contributed by atoms with E-state index in [9.17, 15) is 4.79 Å². The van der Waals surface area contributed by atoms with E-state index in [0.717, 1.165) is 43.1 Å². The Kier molecular flexibility index (Phi) is 6.65. The average Bonchev–Trinajstić information content (AvgIpc) is 3.17. The van der Waals surface area contributed by atoms with Crippen LogP contribution in [0.1, 0.15) is 81.4 Å². The summed E-state index contributed by atoms with van der Waals surface area (Å²) in [5, 5.41) is 7.81. The maximum absolute atomic E-state index is 13.0. The molecule has 0 atom stereocenters. The van der Waals surface area contributed by atoms with Crippen molar-refractivity contribution in [3.05, 3.63) is 41.7 Å². The summed E-state index contributed by atoms with van der Waals surface area (Å²) < 4.78 is 2.44. The predicted molar refractivity (Wildman–Crippen MR) is 122 cm³/mol. The Labute approximate surface area is 186 Å². The van der Waals surface area contributed by atoms with Gasteiger partial charge in [-0.25, -0.2) is 4.68 Å². The lowest BCUT2D eigenvalue weighted by atomic mass is 9.95. The minimum atomic E-state index is -0.0366. The number of aromatic nitrogens is 2. The summed E-state index contributed by atoms with van der Waals surface area (Å²) in [6.45, 7) is 8.53. The summed E-state index contributed by atoms with van der Waals surface area (Å²) >= 11 is 0. The van der Waals surface area contributed by atoms with E-state index in [1.54, 1.807) is 4.68 Å². The van der Waals surface area contributed by atoms with Crippen LogP contribution in [-0.4, -0.2) is 45.5 Å². The van der Waals surface area contributed by atoms with E-state index in [0.29, 0.717) is 16.4 Å². The fraction of sp³-hybridized carbons (Fsp3) is 0.600. The molecule has 0 bridgehead atoms. The lowest BCUT2D eigenvalue weighted by Crippen LogP contribution is -2.58. The minimum absolute atomic E-state index is 0.0366. The maximum Gasteiger partial charge on any atom is 0.270 e. The number of piperidine rings is 1. The topological polar surface area (TPSA) is 56.2 Å². The van der Waals surface area contributed by atoms with Crippen LogP contribution in [0.4, 0.5) is 0 Å². The van der Waals surface area contributed by atoms with Crippen LogP contribution in [0, 0.1) is 6.92 Å². The third kappa shape index (κ3) is 4.95. The van der Waals surface area contributed by atoms with Crippen LogP contribution in [0.3, 0.4) is 0 Å². The zero-order valence-electron chi connectivity index (χ0n) is 19.3. The van der Waals surface area contributed by atoms with Crippen molar-refractivity contribution in [1.82, 2.24) is 15.1 Å². The zero-order valence-corrected chi connectivity index (χ0v) is 19.3. The average molecular weight is 426 g/mol. The summed E-state index contributed by atoms with van der Waals surface area (Å²) in [7, 11) is 0. The molecule has 1 aliphatic heterocycles. The molecule has 2 fully saturated rings. The van der Waals surface area contributed by atoms with Crippen LogP contribution in [0.2, 0.25) is 0 Å². The molecular weight excluding hydrogens is 388 g/mol. The Hall–Kier alpha value is -2.34. The quantitative estimate of drug-likeness (QED) is 0.667. The number of hydroxylamine groups is 3. The van der Waals surface area contributed by atoms with Crippen LogP contribution >= 0.6 is 0 Å². The molecule has 1 amide bonds. The van der Waals surface area contributed by atoms with Gasteiger partial charge >= 0.3 is 0 Å². The Morgan fingerprint density at radius 3 is 2.35 bits per heavy atom. The first kappa shape index (κ1) is 21.9. The molecule has 4 rings (SSSR count). The summed E-state index contributed by atoms with van der Waals surface area (Å²) in [6, 6.07) is 10.6. The molecule has 1 aromatic carbocycles. The molecule has 2 aromatic rings. The molecule has 0 spiro atoms. The van der Waals surface area contributed by atoms with Gasteiger partial charge in [0.25, 0.3) is 5.91 Å². The molecule has 0 radical (unpaired) electrons. The molecule has 1 saturated heterocycles. The summed E-state index contributed by atoms with van der Waals surface area (Å²) in [5.41, 5.74) is 2.31. The van der Waals surface area contributed by atoms with Crippen LogP contribution < -0.4 is 10.2 Å². The van der Waals surface area contributed by atoms with Crippen molar-refractivity contribution in [3.8, 4) is 11.4 Å². The van der Waals surface area contributed by atoms with Crippen molar-refractivity contribution in [1.29, 1.82) is 0 Å². The Bertz CT molecular complexity index is 875. The number of quaternary nitrogens is 1. The van der Waals surface area contributed by atoms with Crippen LogP contribution in [0.15, 0.2) is 30.3 Å². The van der Waals surface area contributed by atoms with E-state index in [1.807, 2.05) is 37.3 Å². The molecule has 1 saturated carbocycles. The van der Waals surface area contributed by atoms with Crippen molar-refractivity contribution in [2.24, 2.45) is 0 Å². The molecule has 31 heavy (non-hydrogen) atoms. The standard InChI is InChI=1S/C25H36N4O2/c1-19(2)29(16-8-5-9-17-29)31-23-14-12-22(13-15-23)28-24(18-20(3)27-28)25(30)26-21-10-6-4-7-11-21/h12-15,18-19,21H,4-11,16-17H2,1-3H3/p+1. The third-order valence-corrected chi connectivity index (χ3v) is 6.89. The predicted octanol–water partition coefficient (Wildman–Crippen LogP) is 4.95. The Morgan fingerprint density at radius 1 is 1.06 bits per heavy atom. The number of nitrogens with zero attached hydrogens (tertiary/aromatic N) is 3. The Morgan fingerprint density at radius 2 is 1.71 bits per heavy atom. The summed E-state index contributed by atoms with van der Waals surface area (Å²) in [6.07, 6.45) is 9.52. The molecule has 1 aromatic heterocycles. The van der Waals surface area contributed by atoms with Crippen molar-refractivity contribution in [2.45, 2.75) is 84.2 Å².